The second-order valence-electron chi connectivity index (χ2n) is 5.54. The van der Waals surface area contributed by atoms with Crippen LogP contribution in [0.2, 0.25) is 0 Å². The lowest BCUT2D eigenvalue weighted by Gasteiger charge is -2.16. The van der Waals surface area contributed by atoms with Crippen molar-refractivity contribution < 1.29 is 9.90 Å². The summed E-state index contributed by atoms with van der Waals surface area (Å²) in [5.41, 5.74) is 1.82. The van der Waals surface area contributed by atoms with Gasteiger partial charge < -0.3 is 9.67 Å². The predicted octanol–water partition coefficient (Wildman–Crippen LogP) is 3.17. The van der Waals surface area contributed by atoms with Gasteiger partial charge in [0.25, 0.3) is 0 Å². The highest BCUT2D eigenvalue weighted by molar-refractivity contribution is 6.00. The molecule has 1 saturated carbocycles. The lowest BCUT2D eigenvalue weighted by atomic mass is 9.98. The van der Waals surface area contributed by atoms with Crippen molar-refractivity contribution in [3.63, 3.8) is 0 Å². The highest BCUT2D eigenvalue weighted by Gasteiger charge is 2.24. The number of fused-ring (bicyclic) bond motifs is 1. The molecule has 4 nitrogen and oxygen atoms in total. The number of rotatable bonds is 3. The summed E-state index contributed by atoms with van der Waals surface area (Å²) in [5, 5.41) is 9.17. The number of carboxylic acid groups (broad SMARTS) is 1. The highest BCUT2D eigenvalue weighted by atomic mass is 16.4. The Morgan fingerprint density at radius 3 is 3.00 bits per heavy atom. The van der Waals surface area contributed by atoms with Gasteiger partial charge in [0, 0.05) is 6.54 Å². The Balaban J connectivity index is 1.97. The van der Waals surface area contributed by atoms with Crippen molar-refractivity contribution in [3.05, 3.63) is 30.1 Å². The molecule has 0 spiro atoms. The van der Waals surface area contributed by atoms with Gasteiger partial charge in [-0.15, -0.1) is 0 Å². The molecule has 100 valence electrons. The summed E-state index contributed by atoms with van der Waals surface area (Å²) in [6, 6.07) is 5.36. The van der Waals surface area contributed by atoms with E-state index in [1.54, 1.807) is 18.5 Å². The first-order chi connectivity index (χ1) is 9.16. The second-order valence-corrected chi connectivity index (χ2v) is 5.54. The number of carboxylic acids is 1. The maximum Gasteiger partial charge on any atom is 0.337 e. The summed E-state index contributed by atoms with van der Waals surface area (Å²) in [7, 11) is 0. The van der Waals surface area contributed by atoms with Gasteiger partial charge in [-0.3, -0.25) is 0 Å². The van der Waals surface area contributed by atoms with E-state index >= 15 is 0 Å². The lowest BCUT2D eigenvalue weighted by Crippen LogP contribution is -2.12. The maximum absolute atomic E-state index is 11.2. The summed E-state index contributed by atoms with van der Waals surface area (Å²) >= 11 is 0. The molecule has 0 saturated heterocycles. The molecule has 1 N–H and O–H groups in total. The number of nitrogens with zero attached hydrogens (tertiary/aromatic N) is 2. The minimum Gasteiger partial charge on any atom is -0.478 e. The molecule has 0 aliphatic heterocycles. The summed E-state index contributed by atoms with van der Waals surface area (Å²) in [5.74, 6) is 0.524. The monoisotopic (exact) mass is 258 g/mol. The van der Waals surface area contributed by atoms with E-state index in [0.29, 0.717) is 11.4 Å². The molecule has 2 unspecified atom stereocenters. The first-order valence-corrected chi connectivity index (χ1v) is 6.84. The third kappa shape index (κ3) is 2.11. The van der Waals surface area contributed by atoms with Crippen LogP contribution in [0.5, 0.6) is 0 Å². The van der Waals surface area contributed by atoms with Crippen LogP contribution in [0, 0.1) is 11.8 Å². The van der Waals surface area contributed by atoms with E-state index in [4.69, 9.17) is 5.11 Å². The van der Waals surface area contributed by atoms with Gasteiger partial charge in [0.05, 0.1) is 17.4 Å². The Morgan fingerprint density at radius 2 is 2.32 bits per heavy atom. The topological polar surface area (TPSA) is 55.1 Å². The fraction of sp³-hybridized carbons (Fsp3) is 0.467. The van der Waals surface area contributed by atoms with Gasteiger partial charge in [-0.1, -0.05) is 25.8 Å². The molecule has 0 bridgehead atoms. The number of aromatic carboxylic acids is 1. The van der Waals surface area contributed by atoms with E-state index in [9.17, 15) is 4.79 Å². The molecule has 1 fully saturated rings. The Kier molecular flexibility index (Phi) is 3.01. The quantitative estimate of drug-likeness (QED) is 0.920. The lowest BCUT2D eigenvalue weighted by molar-refractivity contribution is 0.0699. The minimum atomic E-state index is -0.912. The Hall–Kier alpha value is -1.84. The SMILES string of the molecule is CC1CCCC1Cn1cnc2c(C(=O)O)cccc21. The summed E-state index contributed by atoms with van der Waals surface area (Å²) < 4.78 is 2.11. The molecule has 2 aromatic rings. The minimum absolute atomic E-state index is 0.288. The number of benzene rings is 1. The van der Waals surface area contributed by atoms with Crippen molar-refractivity contribution in [1.29, 1.82) is 0 Å². The van der Waals surface area contributed by atoms with Gasteiger partial charge in [0.1, 0.15) is 5.52 Å². The Morgan fingerprint density at radius 1 is 1.47 bits per heavy atom. The second kappa shape index (κ2) is 4.68. The fourth-order valence-corrected chi connectivity index (χ4v) is 3.15. The number of carbonyl (C=O) groups is 1. The van der Waals surface area contributed by atoms with Crippen LogP contribution < -0.4 is 0 Å². The van der Waals surface area contributed by atoms with Crippen molar-refractivity contribution in [2.75, 3.05) is 0 Å². The van der Waals surface area contributed by atoms with Gasteiger partial charge in [0.2, 0.25) is 0 Å². The van der Waals surface area contributed by atoms with E-state index in [1.807, 2.05) is 6.07 Å². The maximum atomic E-state index is 11.2. The van der Waals surface area contributed by atoms with Crippen LogP contribution in [0.25, 0.3) is 11.0 Å². The van der Waals surface area contributed by atoms with Gasteiger partial charge in [0.15, 0.2) is 0 Å². The van der Waals surface area contributed by atoms with E-state index in [1.165, 1.54) is 19.3 Å². The molecule has 1 heterocycles. The van der Waals surface area contributed by atoms with Crippen LogP contribution in [0.1, 0.15) is 36.5 Å². The van der Waals surface area contributed by atoms with Crippen LogP contribution in [-0.4, -0.2) is 20.6 Å². The Bertz CT molecular complexity index is 618. The molecule has 1 aromatic heterocycles. The van der Waals surface area contributed by atoms with Gasteiger partial charge in [-0.2, -0.15) is 0 Å². The zero-order chi connectivity index (χ0) is 13.4. The molecule has 4 heteroatoms. The van der Waals surface area contributed by atoms with Crippen LogP contribution in [0.3, 0.4) is 0 Å². The number of hydrogen-bond donors (Lipinski definition) is 1. The number of para-hydroxylation sites is 1. The fourth-order valence-electron chi connectivity index (χ4n) is 3.15. The zero-order valence-electron chi connectivity index (χ0n) is 11.0. The molecule has 1 aromatic carbocycles. The summed E-state index contributed by atoms with van der Waals surface area (Å²) in [6.07, 6.45) is 5.65. The normalized spacial score (nSPS) is 23.0. The molecule has 0 radical (unpaired) electrons. The van der Waals surface area contributed by atoms with Gasteiger partial charge in [-0.25, -0.2) is 9.78 Å². The standard InChI is InChI=1S/C15H18N2O2/c1-10-4-2-5-11(10)8-17-9-16-14-12(15(18)19)6-3-7-13(14)17/h3,6-7,9-11H,2,4-5,8H2,1H3,(H,18,19). The molecule has 2 atom stereocenters. The molecule has 3 rings (SSSR count). The van der Waals surface area contributed by atoms with Gasteiger partial charge >= 0.3 is 5.97 Å². The van der Waals surface area contributed by atoms with E-state index in [2.05, 4.69) is 16.5 Å². The van der Waals surface area contributed by atoms with E-state index in [-0.39, 0.29) is 5.56 Å². The zero-order valence-corrected chi connectivity index (χ0v) is 11.0. The van der Waals surface area contributed by atoms with Crippen LogP contribution in [0.15, 0.2) is 24.5 Å². The van der Waals surface area contributed by atoms with Crippen LogP contribution >= 0.6 is 0 Å². The molecule has 1 aliphatic rings. The van der Waals surface area contributed by atoms with Crippen molar-refractivity contribution in [2.45, 2.75) is 32.7 Å². The van der Waals surface area contributed by atoms with Crippen LogP contribution in [-0.2, 0) is 6.54 Å². The smallest absolute Gasteiger partial charge is 0.337 e. The average molecular weight is 258 g/mol. The van der Waals surface area contributed by atoms with E-state index < -0.39 is 5.97 Å². The number of hydrogen-bond acceptors (Lipinski definition) is 2. The van der Waals surface area contributed by atoms with Gasteiger partial charge in [-0.05, 0) is 30.4 Å². The largest absolute Gasteiger partial charge is 0.478 e. The molecule has 0 amide bonds. The number of aromatic nitrogens is 2. The average Bonchev–Trinajstić information content (AvgIpc) is 2.97. The van der Waals surface area contributed by atoms with Crippen molar-refractivity contribution in [3.8, 4) is 0 Å². The van der Waals surface area contributed by atoms with Crippen LogP contribution in [0.4, 0.5) is 0 Å². The predicted molar refractivity (Wildman–Crippen MR) is 73.2 cm³/mol. The van der Waals surface area contributed by atoms with Crippen molar-refractivity contribution in [1.82, 2.24) is 9.55 Å². The third-order valence-electron chi connectivity index (χ3n) is 4.35. The number of imidazole rings is 1. The Labute approximate surface area is 112 Å². The molecule has 1 aliphatic carbocycles. The van der Waals surface area contributed by atoms with Crippen molar-refractivity contribution in [2.24, 2.45) is 11.8 Å². The first-order valence-electron chi connectivity index (χ1n) is 6.84. The molecule has 19 heavy (non-hydrogen) atoms. The first kappa shape index (κ1) is 12.2. The van der Waals surface area contributed by atoms with E-state index in [0.717, 1.165) is 18.0 Å². The van der Waals surface area contributed by atoms with Crippen molar-refractivity contribution >= 4 is 17.0 Å². The summed E-state index contributed by atoms with van der Waals surface area (Å²) in [4.78, 5) is 15.5. The summed E-state index contributed by atoms with van der Waals surface area (Å²) in [6.45, 7) is 3.25. The molecular weight excluding hydrogens is 240 g/mol. The highest BCUT2D eigenvalue weighted by Crippen LogP contribution is 2.33. The molecular formula is C15H18N2O2. The third-order valence-corrected chi connectivity index (χ3v) is 4.35.